The number of nitrogens with zero attached hydrogens (tertiary/aromatic N) is 3. The van der Waals surface area contributed by atoms with Crippen LogP contribution in [0.1, 0.15) is 28.5 Å². The van der Waals surface area contributed by atoms with Crippen molar-refractivity contribution in [3.8, 4) is 0 Å². The molecule has 2 heterocycles. The molecule has 0 saturated carbocycles. The Balaban J connectivity index is 1.98. The molecule has 0 saturated heterocycles. The molecule has 0 aliphatic heterocycles. The second-order valence-corrected chi connectivity index (χ2v) is 4.61. The van der Waals surface area contributed by atoms with Crippen molar-refractivity contribution < 1.29 is 9.32 Å². The number of amides is 1. The van der Waals surface area contributed by atoms with E-state index in [0.29, 0.717) is 22.5 Å². The highest BCUT2D eigenvalue weighted by molar-refractivity contribution is 6.11. The zero-order valence-electron chi connectivity index (χ0n) is 11.8. The summed E-state index contributed by atoms with van der Waals surface area (Å²) in [5.41, 5.74) is 3.37. The van der Waals surface area contributed by atoms with Gasteiger partial charge in [-0.05, 0) is 25.5 Å². The lowest BCUT2D eigenvalue weighted by Gasteiger charge is -2.05. The van der Waals surface area contributed by atoms with Gasteiger partial charge in [0, 0.05) is 18.0 Å². The topological polar surface area (TPSA) is 80.9 Å². The molecule has 3 rings (SSSR count). The van der Waals surface area contributed by atoms with E-state index in [-0.39, 0.29) is 5.91 Å². The van der Waals surface area contributed by atoms with Crippen LogP contribution in [0.2, 0.25) is 0 Å². The van der Waals surface area contributed by atoms with Gasteiger partial charge in [0.2, 0.25) is 5.88 Å². The van der Waals surface area contributed by atoms with Crippen molar-refractivity contribution in [1.29, 1.82) is 0 Å². The summed E-state index contributed by atoms with van der Waals surface area (Å²) in [6, 6.07) is 5.30. The molecule has 0 fully saturated rings. The van der Waals surface area contributed by atoms with Gasteiger partial charge in [-0.2, -0.15) is 0 Å². The number of hydrogen-bond acceptors (Lipinski definition) is 5. The molecule has 1 aromatic carbocycles. The van der Waals surface area contributed by atoms with E-state index < -0.39 is 0 Å². The van der Waals surface area contributed by atoms with Crippen LogP contribution in [0.3, 0.4) is 0 Å². The Kier molecular flexibility index (Phi) is 3.35. The Morgan fingerprint density at radius 3 is 2.90 bits per heavy atom. The molecule has 0 aliphatic carbocycles. The van der Waals surface area contributed by atoms with Gasteiger partial charge in [0.05, 0.1) is 16.8 Å². The molecule has 1 amide bonds. The summed E-state index contributed by atoms with van der Waals surface area (Å²) in [6.45, 7) is 3.83. The molecule has 3 aromatic rings. The molecule has 0 spiro atoms. The first-order valence-electron chi connectivity index (χ1n) is 6.67. The third-order valence-corrected chi connectivity index (χ3v) is 3.31. The Hall–Kier alpha value is -2.76. The Bertz CT molecular complexity index is 805. The largest absolute Gasteiger partial charge is 0.338 e. The van der Waals surface area contributed by atoms with E-state index in [2.05, 4.69) is 20.4 Å². The average Bonchev–Trinajstić information content (AvgIpc) is 2.86. The number of nitrogens with one attached hydrogen (secondary N) is 1. The maximum absolute atomic E-state index is 12.4. The van der Waals surface area contributed by atoms with Crippen molar-refractivity contribution in [2.75, 3.05) is 5.32 Å². The molecule has 0 aliphatic rings. The van der Waals surface area contributed by atoms with Gasteiger partial charge in [-0.3, -0.25) is 20.1 Å². The van der Waals surface area contributed by atoms with Crippen LogP contribution in [0.25, 0.3) is 11.0 Å². The quantitative estimate of drug-likeness (QED) is 0.798. The van der Waals surface area contributed by atoms with Crippen molar-refractivity contribution in [2.24, 2.45) is 0 Å². The lowest BCUT2D eigenvalue weighted by molar-refractivity contribution is 0.102. The molecule has 0 radical (unpaired) electrons. The molecular weight excluding hydrogens is 268 g/mol. The minimum absolute atomic E-state index is 0.285. The number of fused-ring (bicyclic) bond motifs is 1. The van der Waals surface area contributed by atoms with Crippen LogP contribution in [0.4, 0.5) is 5.88 Å². The Morgan fingerprint density at radius 1 is 1.29 bits per heavy atom. The first kappa shape index (κ1) is 13.2. The van der Waals surface area contributed by atoms with Gasteiger partial charge in [0.1, 0.15) is 5.52 Å². The van der Waals surface area contributed by atoms with Crippen LogP contribution in [0, 0.1) is 6.92 Å². The normalized spacial score (nSPS) is 10.8. The SMILES string of the molecule is CCc1c(C)noc1NC(=O)c1cccc2nccnc12. The number of carbonyl (C=O) groups excluding carboxylic acids is 1. The van der Waals surface area contributed by atoms with E-state index in [1.165, 1.54) is 0 Å². The van der Waals surface area contributed by atoms with Crippen LogP contribution in [0.5, 0.6) is 0 Å². The molecule has 21 heavy (non-hydrogen) atoms. The summed E-state index contributed by atoms with van der Waals surface area (Å²) >= 11 is 0. The predicted molar refractivity (Wildman–Crippen MR) is 78.1 cm³/mol. The van der Waals surface area contributed by atoms with E-state index in [4.69, 9.17) is 4.52 Å². The maximum atomic E-state index is 12.4. The summed E-state index contributed by atoms with van der Waals surface area (Å²) in [5, 5.41) is 6.63. The van der Waals surface area contributed by atoms with E-state index in [0.717, 1.165) is 17.7 Å². The van der Waals surface area contributed by atoms with Gasteiger partial charge < -0.3 is 4.52 Å². The molecule has 6 nitrogen and oxygen atoms in total. The van der Waals surface area contributed by atoms with Gasteiger partial charge >= 0.3 is 0 Å². The molecular formula is C15H14N4O2. The molecule has 106 valence electrons. The van der Waals surface area contributed by atoms with Crippen molar-refractivity contribution in [2.45, 2.75) is 20.3 Å². The standard InChI is InChI=1S/C15H14N4O2/c1-3-10-9(2)19-21-15(10)18-14(20)11-5-4-6-12-13(11)17-8-7-16-12/h4-8H,3H2,1-2H3,(H,18,20). The molecule has 2 aromatic heterocycles. The van der Waals surface area contributed by atoms with Crippen molar-refractivity contribution in [3.63, 3.8) is 0 Å². The number of anilines is 1. The lowest BCUT2D eigenvalue weighted by atomic mass is 10.1. The van der Waals surface area contributed by atoms with Crippen LogP contribution in [0.15, 0.2) is 35.1 Å². The van der Waals surface area contributed by atoms with Crippen molar-refractivity contribution >= 4 is 22.8 Å². The summed E-state index contributed by atoms with van der Waals surface area (Å²) < 4.78 is 5.17. The summed E-state index contributed by atoms with van der Waals surface area (Å²) in [6.07, 6.45) is 3.90. The monoisotopic (exact) mass is 282 g/mol. The fourth-order valence-electron chi connectivity index (χ4n) is 2.25. The predicted octanol–water partition coefficient (Wildman–Crippen LogP) is 2.74. The number of carbonyl (C=O) groups is 1. The van der Waals surface area contributed by atoms with E-state index in [9.17, 15) is 4.79 Å². The van der Waals surface area contributed by atoms with Crippen molar-refractivity contribution in [3.05, 3.63) is 47.4 Å². The van der Waals surface area contributed by atoms with Gasteiger partial charge in [-0.15, -0.1) is 0 Å². The summed E-state index contributed by atoms with van der Waals surface area (Å²) in [5.74, 6) is 0.104. The number of para-hydroxylation sites is 1. The summed E-state index contributed by atoms with van der Waals surface area (Å²) in [7, 11) is 0. The van der Waals surface area contributed by atoms with Gasteiger partial charge in [-0.1, -0.05) is 18.1 Å². The fraction of sp³-hybridized carbons (Fsp3) is 0.200. The van der Waals surface area contributed by atoms with Crippen LogP contribution >= 0.6 is 0 Å². The molecule has 6 heteroatoms. The second-order valence-electron chi connectivity index (χ2n) is 4.61. The highest BCUT2D eigenvalue weighted by Crippen LogP contribution is 2.21. The highest BCUT2D eigenvalue weighted by atomic mass is 16.5. The highest BCUT2D eigenvalue weighted by Gasteiger charge is 2.17. The first-order valence-corrected chi connectivity index (χ1v) is 6.67. The van der Waals surface area contributed by atoms with Gasteiger partial charge in [-0.25, -0.2) is 0 Å². The minimum Gasteiger partial charge on any atom is -0.338 e. The maximum Gasteiger partial charge on any atom is 0.260 e. The second kappa shape index (κ2) is 5.32. The third-order valence-electron chi connectivity index (χ3n) is 3.31. The van der Waals surface area contributed by atoms with E-state index in [1.54, 1.807) is 24.5 Å². The Morgan fingerprint density at radius 2 is 2.10 bits per heavy atom. The zero-order valence-corrected chi connectivity index (χ0v) is 11.8. The summed E-state index contributed by atoms with van der Waals surface area (Å²) in [4.78, 5) is 20.9. The number of benzene rings is 1. The first-order chi connectivity index (χ1) is 10.2. The van der Waals surface area contributed by atoms with Crippen molar-refractivity contribution in [1.82, 2.24) is 15.1 Å². The Labute approximate surface area is 121 Å². The number of aromatic nitrogens is 3. The van der Waals surface area contributed by atoms with Gasteiger partial charge in [0.25, 0.3) is 5.91 Å². The molecule has 0 atom stereocenters. The lowest BCUT2D eigenvalue weighted by Crippen LogP contribution is -2.13. The van der Waals surface area contributed by atoms with Crippen LogP contribution in [-0.2, 0) is 6.42 Å². The van der Waals surface area contributed by atoms with Gasteiger partial charge in [0.15, 0.2) is 0 Å². The zero-order chi connectivity index (χ0) is 14.8. The van der Waals surface area contributed by atoms with Crippen LogP contribution < -0.4 is 5.32 Å². The molecule has 0 unspecified atom stereocenters. The fourth-order valence-corrected chi connectivity index (χ4v) is 2.25. The van der Waals surface area contributed by atoms with E-state index in [1.807, 2.05) is 19.9 Å². The number of hydrogen-bond donors (Lipinski definition) is 1. The average molecular weight is 282 g/mol. The third kappa shape index (κ3) is 2.35. The number of aryl methyl sites for hydroxylation is 1. The smallest absolute Gasteiger partial charge is 0.260 e. The molecule has 1 N–H and O–H groups in total. The molecule has 0 bridgehead atoms. The van der Waals surface area contributed by atoms with Crippen LogP contribution in [-0.4, -0.2) is 21.0 Å². The minimum atomic E-state index is -0.285. The van der Waals surface area contributed by atoms with E-state index >= 15 is 0 Å². The number of rotatable bonds is 3.